The topological polar surface area (TPSA) is 214 Å². The Morgan fingerprint density at radius 3 is 2.09 bits per heavy atom. The fraction of sp³-hybridized carbons (Fsp3) is 0.929. The molecule has 5 N–H and O–H groups in total. The molecular weight excluding hydrogens is 756 g/mol. The Labute approximate surface area is 345 Å². The summed E-state index contributed by atoms with van der Waals surface area (Å²) in [7, 11) is 6.90. The van der Waals surface area contributed by atoms with E-state index in [9.17, 15) is 39.9 Å². The molecule has 3 saturated heterocycles. The van der Waals surface area contributed by atoms with E-state index in [4.69, 9.17) is 28.4 Å². The van der Waals surface area contributed by atoms with Gasteiger partial charge < -0.3 is 63.8 Å². The minimum atomic E-state index is -1.99. The third-order valence-corrected chi connectivity index (χ3v) is 13.2. The number of methoxy groups -OCH3 is 1. The first-order chi connectivity index (χ1) is 26.6. The van der Waals surface area contributed by atoms with Crippen LogP contribution >= 0.6 is 0 Å². The second-order valence-corrected chi connectivity index (χ2v) is 18.6. The minimum absolute atomic E-state index is 0.0415. The number of ketones is 2. The standard InChI is InChI=1S/C42H76N2O14/c1-16-28-32(47)31(46)23(4)33(56-30-19-41(10,53-15)36(49)27(8)55-30)24(5)37(40(9,51)18-21(2)20-44(14)25(6)35(48)42(28,11)52)58-39-34(57-38(50)26(7)45)29(43(12)13)17-22(3)54-39/h21-30,33-37,39,45,48-49,51-52H,16-20H2,1-15H3/t21-,22-,23+,24+,25-,26+,27+,28+,29+,30+,33-,34-,35-,36+,37-,39+,40-,41-,42+/m1/s1. The molecule has 3 rings (SSSR count). The molecule has 19 atom stereocenters. The Morgan fingerprint density at radius 2 is 1.55 bits per heavy atom. The highest BCUT2D eigenvalue weighted by atomic mass is 16.7. The molecule has 16 heteroatoms. The number of Topliss-reactive ketones (excluding diaryl/α,β-unsaturated/α-hetero) is 2. The van der Waals surface area contributed by atoms with Gasteiger partial charge in [0.2, 0.25) is 11.6 Å². The van der Waals surface area contributed by atoms with Gasteiger partial charge in [-0.2, -0.15) is 0 Å². The summed E-state index contributed by atoms with van der Waals surface area (Å²) in [6.07, 6.45) is -10.2. The van der Waals surface area contributed by atoms with Gasteiger partial charge in [0, 0.05) is 38.0 Å². The molecule has 0 amide bonds. The fourth-order valence-corrected chi connectivity index (χ4v) is 9.51. The van der Waals surface area contributed by atoms with Crippen molar-refractivity contribution in [1.82, 2.24) is 9.80 Å². The van der Waals surface area contributed by atoms with Crippen molar-refractivity contribution in [3.8, 4) is 0 Å². The molecule has 0 radical (unpaired) electrons. The molecule has 0 aliphatic carbocycles. The van der Waals surface area contributed by atoms with Gasteiger partial charge in [-0.05, 0) is 94.8 Å². The molecule has 0 aromatic rings. The van der Waals surface area contributed by atoms with Crippen LogP contribution in [0.4, 0.5) is 0 Å². The van der Waals surface area contributed by atoms with Crippen molar-refractivity contribution in [2.75, 3.05) is 34.8 Å². The number of carbonyl (C=O) groups excluding carboxylic acids is 3. The smallest absolute Gasteiger partial charge is 0.335 e. The molecule has 3 aliphatic rings. The van der Waals surface area contributed by atoms with E-state index in [2.05, 4.69) is 0 Å². The van der Waals surface area contributed by atoms with Crippen LogP contribution in [-0.2, 0) is 42.8 Å². The zero-order valence-electron chi connectivity index (χ0n) is 37.6. The number of hydrogen-bond acceptors (Lipinski definition) is 16. The number of nitrogens with zero attached hydrogens (tertiary/aromatic N) is 2. The van der Waals surface area contributed by atoms with Gasteiger partial charge in [0.1, 0.15) is 12.2 Å². The first-order valence-electron chi connectivity index (χ1n) is 21.0. The molecule has 0 aromatic carbocycles. The van der Waals surface area contributed by atoms with Crippen molar-refractivity contribution in [1.29, 1.82) is 0 Å². The SMILES string of the molecule is CC[C@H]1C(=O)C(=O)[C@H](C)[C@@H](O[C@H]2C[C@@](C)(OC)[C@@H](O)[C@H](C)O2)[C@H](C)[C@@H](O[C@@H]2O[C@H](C)C[C@H](N(C)C)[C@H]2OC(=O)[C@H](C)O)[C@](C)(O)C[C@@H](C)CN(C)[C@H](C)[C@@H](O)[C@@]1(C)O. The largest absolute Gasteiger partial charge is 0.453 e. The molecule has 3 fully saturated rings. The van der Waals surface area contributed by atoms with Crippen molar-refractivity contribution < 1.29 is 68.3 Å². The molecule has 0 unspecified atom stereocenters. The van der Waals surface area contributed by atoms with Crippen molar-refractivity contribution in [3.63, 3.8) is 0 Å². The molecule has 0 saturated carbocycles. The van der Waals surface area contributed by atoms with Gasteiger partial charge in [-0.3, -0.25) is 9.59 Å². The van der Waals surface area contributed by atoms with Crippen molar-refractivity contribution >= 4 is 17.5 Å². The fourth-order valence-electron chi connectivity index (χ4n) is 9.51. The minimum Gasteiger partial charge on any atom is -0.453 e. The molecule has 3 heterocycles. The van der Waals surface area contributed by atoms with Crippen LogP contribution < -0.4 is 0 Å². The van der Waals surface area contributed by atoms with Gasteiger partial charge in [-0.25, -0.2) is 4.79 Å². The zero-order valence-corrected chi connectivity index (χ0v) is 37.6. The van der Waals surface area contributed by atoms with Gasteiger partial charge in [-0.1, -0.05) is 27.7 Å². The van der Waals surface area contributed by atoms with E-state index in [0.29, 0.717) is 13.0 Å². The van der Waals surface area contributed by atoms with Crippen LogP contribution in [0.25, 0.3) is 0 Å². The van der Waals surface area contributed by atoms with Crippen LogP contribution in [0.2, 0.25) is 0 Å². The third kappa shape index (κ3) is 11.2. The van der Waals surface area contributed by atoms with Crippen LogP contribution in [0.3, 0.4) is 0 Å². The number of rotatable bonds is 9. The number of aliphatic hydroxyl groups excluding tert-OH is 3. The molecule has 3 aliphatic heterocycles. The summed E-state index contributed by atoms with van der Waals surface area (Å²) in [6, 6.07) is -1.08. The second-order valence-electron chi connectivity index (χ2n) is 18.6. The summed E-state index contributed by atoms with van der Waals surface area (Å²) in [5, 5.41) is 57.3. The Kier molecular flexibility index (Phi) is 17.5. The number of ether oxygens (including phenoxy) is 6. The van der Waals surface area contributed by atoms with E-state index < -0.39 is 119 Å². The Morgan fingerprint density at radius 1 is 0.948 bits per heavy atom. The number of hydrogen-bond donors (Lipinski definition) is 5. The molecule has 0 spiro atoms. The maximum Gasteiger partial charge on any atom is 0.335 e. The van der Waals surface area contributed by atoms with Crippen LogP contribution in [0, 0.1) is 23.7 Å². The zero-order chi connectivity index (χ0) is 44.4. The Bertz CT molecular complexity index is 1380. The maximum atomic E-state index is 14.5. The van der Waals surface area contributed by atoms with E-state index in [0.717, 1.165) is 0 Å². The van der Waals surface area contributed by atoms with Crippen molar-refractivity contribution in [2.45, 2.75) is 192 Å². The van der Waals surface area contributed by atoms with E-state index in [1.54, 1.807) is 48.6 Å². The van der Waals surface area contributed by atoms with E-state index >= 15 is 0 Å². The molecule has 0 aromatic heterocycles. The molecule has 0 bridgehead atoms. The summed E-state index contributed by atoms with van der Waals surface area (Å²) in [5.74, 6) is -6.31. The van der Waals surface area contributed by atoms with Crippen LogP contribution in [0.15, 0.2) is 0 Å². The highest BCUT2D eigenvalue weighted by Gasteiger charge is 2.54. The summed E-state index contributed by atoms with van der Waals surface area (Å²) in [6.45, 7) is 18.5. The van der Waals surface area contributed by atoms with E-state index in [1.165, 1.54) is 27.9 Å². The molecule has 338 valence electrons. The van der Waals surface area contributed by atoms with Crippen molar-refractivity contribution in [3.05, 3.63) is 0 Å². The van der Waals surface area contributed by atoms with Gasteiger partial charge in [0.25, 0.3) is 0 Å². The third-order valence-electron chi connectivity index (χ3n) is 13.2. The first-order valence-corrected chi connectivity index (χ1v) is 21.0. The highest BCUT2D eigenvalue weighted by molar-refractivity contribution is 6.39. The first kappa shape index (κ1) is 50.7. The highest BCUT2D eigenvalue weighted by Crippen LogP contribution is 2.41. The van der Waals surface area contributed by atoms with E-state index in [-0.39, 0.29) is 31.3 Å². The maximum absolute atomic E-state index is 14.5. The number of carbonyl (C=O) groups is 3. The van der Waals surface area contributed by atoms with Gasteiger partial charge in [0.05, 0.1) is 59.3 Å². The molecule has 58 heavy (non-hydrogen) atoms. The van der Waals surface area contributed by atoms with E-state index in [1.807, 2.05) is 37.7 Å². The monoisotopic (exact) mass is 833 g/mol. The lowest BCUT2D eigenvalue weighted by molar-refractivity contribution is -0.318. The predicted molar refractivity (Wildman–Crippen MR) is 213 cm³/mol. The Hall–Kier alpha value is -1.67. The lowest BCUT2D eigenvalue weighted by atomic mass is 9.73. The summed E-state index contributed by atoms with van der Waals surface area (Å²) < 4.78 is 37.7. The summed E-state index contributed by atoms with van der Waals surface area (Å²) in [4.78, 5) is 45.5. The van der Waals surface area contributed by atoms with Crippen LogP contribution in [-0.4, -0.2) is 178 Å². The Balaban J connectivity index is 2.28. The quantitative estimate of drug-likeness (QED) is 0.165. The summed E-state index contributed by atoms with van der Waals surface area (Å²) in [5.41, 5.74) is -4.81. The average Bonchev–Trinajstić information content (AvgIpc) is 3.13. The lowest BCUT2D eigenvalue weighted by Gasteiger charge is -2.49. The second kappa shape index (κ2) is 20.0. The lowest BCUT2D eigenvalue weighted by Crippen LogP contribution is -2.61. The predicted octanol–water partition coefficient (Wildman–Crippen LogP) is 1.68. The molecule has 16 nitrogen and oxygen atoms in total. The summed E-state index contributed by atoms with van der Waals surface area (Å²) >= 11 is 0. The number of likely N-dealkylation sites (N-methyl/N-ethyl adjacent to an activating group) is 2. The van der Waals surface area contributed by atoms with Crippen LogP contribution in [0.5, 0.6) is 0 Å². The number of esters is 1. The van der Waals surface area contributed by atoms with Crippen LogP contribution in [0.1, 0.15) is 102 Å². The van der Waals surface area contributed by atoms with Gasteiger partial charge in [-0.15, -0.1) is 0 Å². The average molecular weight is 833 g/mol. The molecular formula is C42H76N2O14. The van der Waals surface area contributed by atoms with Gasteiger partial charge in [0.15, 0.2) is 18.7 Å². The van der Waals surface area contributed by atoms with Crippen molar-refractivity contribution in [2.24, 2.45) is 23.7 Å². The normalized spacial score (nSPS) is 46.3. The number of aliphatic hydroxyl groups is 5. The van der Waals surface area contributed by atoms with Gasteiger partial charge >= 0.3 is 5.97 Å².